The molecule has 2 aliphatic rings. The summed E-state index contributed by atoms with van der Waals surface area (Å²) < 4.78 is 38.4. The summed E-state index contributed by atoms with van der Waals surface area (Å²) in [5, 5.41) is 0. The van der Waals surface area contributed by atoms with Crippen LogP contribution in [0.4, 0.5) is 5.82 Å². The number of anilines is 1. The fourth-order valence-electron chi connectivity index (χ4n) is 4.25. The molecule has 9 heteroatoms. The molecular formula is C23H32N4O4S. The van der Waals surface area contributed by atoms with Crippen LogP contribution in [-0.4, -0.2) is 68.4 Å². The average molecular weight is 461 g/mol. The molecule has 3 heterocycles. The summed E-state index contributed by atoms with van der Waals surface area (Å²) in [6.07, 6.45) is 2.70. The number of rotatable bonds is 8. The molecule has 0 radical (unpaired) electrons. The van der Waals surface area contributed by atoms with E-state index in [4.69, 9.17) is 19.4 Å². The maximum absolute atomic E-state index is 12.9. The van der Waals surface area contributed by atoms with Crippen LogP contribution in [0.15, 0.2) is 24.3 Å². The maximum atomic E-state index is 12.9. The predicted octanol–water partition coefficient (Wildman–Crippen LogP) is 2.40. The zero-order chi connectivity index (χ0) is 22.6. The SMILES string of the molecule is CCCCS(=O)(=O)N1CCc2nc(Cc3ccccc3OC)nc(N3CCOCC3)c2C1. The van der Waals surface area contributed by atoms with Crippen LogP contribution in [0.5, 0.6) is 5.75 Å². The molecule has 1 aromatic heterocycles. The van der Waals surface area contributed by atoms with E-state index in [2.05, 4.69) is 4.90 Å². The van der Waals surface area contributed by atoms with Crippen molar-refractivity contribution in [2.75, 3.05) is 50.6 Å². The van der Waals surface area contributed by atoms with E-state index in [0.717, 1.165) is 53.7 Å². The van der Waals surface area contributed by atoms with Crippen LogP contribution in [0.3, 0.4) is 0 Å². The summed E-state index contributed by atoms with van der Waals surface area (Å²) in [5.41, 5.74) is 2.91. The number of fused-ring (bicyclic) bond motifs is 1. The van der Waals surface area contributed by atoms with E-state index in [-0.39, 0.29) is 5.75 Å². The lowest BCUT2D eigenvalue weighted by atomic mass is 10.1. The van der Waals surface area contributed by atoms with Gasteiger partial charge < -0.3 is 14.4 Å². The van der Waals surface area contributed by atoms with E-state index in [1.807, 2.05) is 31.2 Å². The molecule has 1 saturated heterocycles. The highest BCUT2D eigenvalue weighted by Crippen LogP contribution is 2.30. The van der Waals surface area contributed by atoms with Crippen molar-refractivity contribution in [3.8, 4) is 5.75 Å². The van der Waals surface area contributed by atoms with Crippen molar-refractivity contribution in [1.82, 2.24) is 14.3 Å². The Hall–Kier alpha value is -2.23. The zero-order valence-electron chi connectivity index (χ0n) is 18.9. The summed E-state index contributed by atoms with van der Waals surface area (Å²) in [6, 6.07) is 7.90. The molecule has 4 rings (SSSR count). The minimum absolute atomic E-state index is 0.193. The van der Waals surface area contributed by atoms with Gasteiger partial charge >= 0.3 is 0 Å². The van der Waals surface area contributed by atoms with Crippen molar-refractivity contribution in [2.24, 2.45) is 0 Å². The number of para-hydroxylation sites is 1. The maximum Gasteiger partial charge on any atom is 0.214 e. The number of benzene rings is 1. The largest absolute Gasteiger partial charge is 0.496 e. The summed E-state index contributed by atoms with van der Waals surface area (Å²) in [7, 11) is -1.62. The number of methoxy groups -OCH3 is 1. The molecule has 0 unspecified atom stereocenters. The van der Waals surface area contributed by atoms with Crippen molar-refractivity contribution in [3.63, 3.8) is 0 Å². The Balaban J connectivity index is 1.68. The van der Waals surface area contributed by atoms with Gasteiger partial charge in [-0.25, -0.2) is 18.4 Å². The molecule has 0 atom stereocenters. The number of hydrogen-bond acceptors (Lipinski definition) is 7. The number of aromatic nitrogens is 2. The molecule has 0 bridgehead atoms. The summed E-state index contributed by atoms with van der Waals surface area (Å²) >= 11 is 0. The molecule has 0 N–H and O–H groups in total. The molecule has 2 aliphatic heterocycles. The third-order valence-electron chi connectivity index (χ3n) is 6.05. The second kappa shape index (κ2) is 10.1. The summed E-state index contributed by atoms with van der Waals surface area (Å²) in [6.45, 7) is 5.56. The lowest BCUT2D eigenvalue weighted by Crippen LogP contribution is -2.42. The van der Waals surface area contributed by atoms with Gasteiger partial charge in [0.05, 0.1) is 31.8 Å². The first-order valence-corrected chi connectivity index (χ1v) is 12.9. The van der Waals surface area contributed by atoms with E-state index >= 15 is 0 Å². The van der Waals surface area contributed by atoms with E-state index in [1.54, 1.807) is 11.4 Å². The molecule has 0 spiro atoms. The fourth-order valence-corrected chi connectivity index (χ4v) is 5.86. The van der Waals surface area contributed by atoms with Gasteiger partial charge in [0, 0.05) is 50.1 Å². The van der Waals surface area contributed by atoms with Gasteiger partial charge in [0.2, 0.25) is 10.0 Å². The standard InChI is InChI=1S/C23H32N4O4S/c1-3-4-15-32(28,29)27-10-9-20-19(17-27)23(26-11-13-31-14-12-26)25-22(24-20)16-18-7-5-6-8-21(18)30-2/h5-8H,3-4,9-17H2,1-2H3. The zero-order valence-corrected chi connectivity index (χ0v) is 19.7. The first-order chi connectivity index (χ1) is 15.5. The molecule has 2 aromatic rings. The highest BCUT2D eigenvalue weighted by Gasteiger charge is 2.31. The number of sulfonamides is 1. The smallest absolute Gasteiger partial charge is 0.214 e. The Bertz CT molecular complexity index is 1040. The van der Waals surface area contributed by atoms with E-state index in [0.29, 0.717) is 45.6 Å². The Labute approximate surface area is 190 Å². The topological polar surface area (TPSA) is 84.9 Å². The molecular weight excluding hydrogens is 428 g/mol. The van der Waals surface area contributed by atoms with Gasteiger partial charge in [0.25, 0.3) is 0 Å². The summed E-state index contributed by atoms with van der Waals surface area (Å²) in [5.74, 6) is 2.59. The third kappa shape index (κ3) is 5.05. The van der Waals surface area contributed by atoms with Crippen LogP contribution in [-0.2, 0) is 34.1 Å². The lowest BCUT2D eigenvalue weighted by Gasteiger charge is -2.34. The number of unbranched alkanes of at least 4 members (excludes halogenated alkanes) is 1. The second-order valence-corrected chi connectivity index (χ2v) is 10.3. The Morgan fingerprint density at radius 3 is 2.66 bits per heavy atom. The van der Waals surface area contributed by atoms with Gasteiger partial charge in [-0.1, -0.05) is 31.5 Å². The minimum atomic E-state index is -3.29. The molecule has 1 fully saturated rings. The molecule has 0 saturated carbocycles. The van der Waals surface area contributed by atoms with Crippen LogP contribution in [0, 0.1) is 0 Å². The molecule has 8 nitrogen and oxygen atoms in total. The van der Waals surface area contributed by atoms with Gasteiger partial charge in [-0.05, 0) is 12.5 Å². The third-order valence-corrected chi connectivity index (χ3v) is 7.95. The predicted molar refractivity (Wildman–Crippen MR) is 124 cm³/mol. The Kier molecular flexibility index (Phi) is 7.27. The van der Waals surface area contributed by atoms with Crippen molar-refractivity contribution < 1.29 is 17.9 Å². The van der Waals surface area contributed by atoms with E-state index in [1.165, 1.54) is 0 Å². The van der Waals surface area contributed by atoms with Crippen molar-refractivity contribution in [2.45, 2.75) is 39.2 Å². The molecule has 0 amide bonds. The van der Waals surface area contributed by atoms with Gasteiger partial charge in [-0.15, -0.1) is 0 Å². The Morgan fingerprint density at radius 2 is 1.91 bits per heavy atom. The van der Waals surface area contributed by atoms with Gasteiger partial charge in [-0.2, -0.15) is 4.31 Å². The van der Waals surface area contributed by atoms with Gasteiger partial charge in [-0.3, -0.25) is 0 Å². The molecule has 0 aliphatic carbocycles. The van der Waals surface area contributed by atoms with Crippen molar-refractivity contribution in [3.05, 3.63) is 46.9 Å². The highest BCUT2D eigenvalue weighted by molar-refractivity contribution is 7.89. The lowest BCUT2D eigenvalue weighted by molar-refractivity contribution is 0.122. The number of hydrogen-bond donors (Lipinski definition) is 0. The normalized spacial score (nSPS) is 17.2. The van der Waals surface area contributed by atoms with Crippen LogP contribution in [0.2, 0.25) is 0 Å². The van der Waals surface area contributed by atoms with Crippen LogP contribution < -0.4 is 9.64 Å². The number of nitrogens with zero attached hydrogens (tertiary/aromatic N) is 4. The van der Waals surface area contributed by atoms with Crippen LogP contribution >= 0.6 is 0 Å². The second-order valence-electron chi connectivity index (χ2n) is 8.23. The molecule has 1 aromatic carbocycles. The molecule has 32 heavy (non-hydrogen) atoms. The quantitative estimate of drug-likeness (QED) is 0.598. The summed E-state index contributed by atoms with van der Waals surface area (Å²) in [4.78, 5) is 12.0. The van der Waals surface area contributed by atoms with Crippen molar-refractivity contribution in [1.29, 1.82) is 0 Å². The van der Waals surface area contributed by atoms with E-state index < -0.39 is 10.0 Å². The minimum Gasteiger partial charge on any atom is -0.496 e. The Morgan fingerprint density at radius 1 is 1.12 bits per heavy atom. The number of ether oxygens (including phenoxy) is 2. The van der Waals surface area contributed by atoms with E-state index in [9.17, 15) is 8.42 Å². The fraction of sp³-hybridized carbons (Fsp3) is 0.565. The number of morpholine rings is 1. The van der Waals surface area contributed by atoms with Crippen LogP contribution in [0.25, 0.3) is 0 Å². The van der Waals surface area contributed by atoms with Gasteiger partial charge in [0.15, 0.2) is 0 Å². The monoisotopic (exact) mass is 460 g/mol. The average Bonchev–Trinajstić information content (AvgIpc) is 2.83. The first kappa shape index (κ1) is 22.9. The highest BCUT2D eigenvalue weighted by atomic mass is 32.2. The first-order valence-electron chi connectivity index (χ1n) is 11.3. The van der Waals surface area contributed by atoms with Crippen molar-refractivity contribution >= 4 is 15.8 Å². The van der Waals surface area contributed by atoms with Crippen LogP contribution in [0.1, 0.15) is 42.4 Å². The molecule has 174 valence electrons. The van der Waals surface area contributed by atoms with Gasteiger partial charge in [0.1, 0.15) is 17.4 Å².